The maximum atomic E-state index is 13.8. The number of nitrogens with one attached hydrogen (secondary N) is 2. The summed E-state index contributed by atoms with van der Waals surface area (Å²) >= 11 is 0. The standard InChI is InChI=1S/C21H33FN4O.HI/c1-4-23-21(25-17(3)18-11-10-16(2)19(22)15-18)24-12-8-14-26-13-7-5-6-9-20(26)27;/h10-11,15,17H,4-9,12-14H2,1-3H3,(H2,23,24,25);1H. The number of aliphatic imine (C=N–C) groups is 1. The van der Waals surface area contributed by atoms with Gasteiger partial charge in [0.1, 0.15) is 5.82 Å². The van der Waals surface area contributed by atoms with Crippen molar-refractivity contribution in [2.24, 2.45) is 4.99 Å². The predicted molar refractivity (Wildman–Crippen MR) is 124 cm³/mol. The highest BCUT2D eigenvalue weighted by Crippen LogP contribution is 2.16. The molecule has 1 amide bonds. The van der Waals surface area contributed by atoms with Gasteiger partial charge in [0.15, 0.2) is 5.96 Å². The number of halogens is 2. The zero-order valence-electron chi connectivity index (χ0n) is 17.3. The molecular formula is C21H34FIN4O. The normalized spacial score (nSPS) is 16.2. The van der Waals surface area contributed by atoms with E-state index in [4.69, 9.17) is 0 Å². The first kappa shape index (κ1) is 24.7. The van der Waals surface area contributed by atoms with Crippen LogP contribution >= 0.6 is 24.0 Å². The number of benzene rings is 1. The molecule has 1 aliphatic heterocycles. The quantitative estimate of drug-likeness (QED) is 0.254. The average molecular weight is 504 g/mol. The largest absolute Gasteiger partial charge is 0.357 e. The molecule has 1 aromatic rings. The van der Waals surface area contributed by atoms with E-state index in [9.17, 15) is 9.18 Å². The maximum absolute atomic E-state index is 13.8. The number of hydrogen-bond donors (Lipinski definition) is 2. The highest BCUT2D eigenvalue weighted by molar-refractivity contribution is 14.0. The van der Waals surface area contributed by atoms with Crippen molar-refractivity contribution in [1.82, 2.24) is 15.5 Å². The fourth-order valence-corrected chi connectivity index (χ4v) is 3.21. The summed E-state index contributed by atoms with van der Waals surface area (Å²) in [7, 11) is 0. The van der Waals surface area contributed by atoms with E-state index in [0.29, 0.717) is 24.5 Å². The first-order chi connectivity index (χ1) is 13.0. The Kier molecular flexibility index (Phi) is 11.4. The van der Waals surface area contributed by atoms with Crippen LogP contribution in [0.4, 0.5) is 4.39 Å². The van der Waals surface area contributed by atoms with Crippen molar-refractivity contribution in [1.29, 1.82) is 0 Å². The van der Waals surface area contributed by atoms with Crippen molar-refractivity contribution < 1.29 is 9.18 Å². The number of likely N-dealkylation sites (tertiary alicyclic amines) is 1. The summed E-state index contributed by atoms with van der Waals surface area (Å²) in [5.41, 5.74) is 1.54. The molecule has 158 valence electrons. The van der Waals surface area contributed by atoms with Crippen molar-refractivity contribution in [2.45, 2.75) is 58.9 Å². The Balaban J connectivity index is 0.00000392. The second-order valence-electron chi connectivity index (χ2n) is 7.18. The van der Waals surface area contributed by atoms with Crippen LogP contribution in [-0.2, 0) is 4.79 Å². The molecule has 1 fully saturated rings. The van der Waals surface area contributed by atoms with Crippen LogP contribution < -0.4 is 10.6 Å². The Hall–Kier alpha value is -1.38. The Bertz CT molecular complexity index is 653. The number of guanidine groups is 1. The van der Waals surface area contributed by atoms with Gasteiger partial charge in [-0.1, -0.05) is 18.6 Å². The van der Waals surface area contributed by atoms with Crippen LogP contribution in [0.2, 0.25) is 0 Å². The summed E-state index contributed by atoms with van der Waals surface area (Å²) in [6, 6.07) is 5.25. The first-order valence-electron chi connectivity index (χ1n) is 10.1. The van der Waals surface area contributed by atoms with E-state index < -0.39 is 0 Å². The number of rotatable bonds is 7. The number of nitrogens with zero attached hydrogens (tertiary/aromatic N) is 2. The Labute approximate surface area is 185 Å². The van der Waals surface area contributed by atoms with Crippen molar-refractivity contribution in [2.75, 3.05) is 26.2 Å². The van der Waals surface area contributed by atoms with Crippen LogP contribution in [0.1, 0.15) is 63.1 Å². The van der Waals surface area contributed by atoms with Gasteiger partial charge >= 0.3 is 0 Å². The van der Waals surface area contributed by atoms with Gasteiger partial charge in [-0.05, 0) is 57.2 Å². The molecule has 7 heteroatoms. The van der Waals surface area contributed by atoms with Crippen LogP contribution in [0.25, 0.3) is 0 Å². The van der Waals surface area contributed by atoms with Gasteiger partial charge in [0, 0.05) is 32.6 Å². The summed E-state index contributed by atoms with van der Waals surface area (Å²) in [6.07, 6.45) is 4.78. The number of carbonyl (C=O) groups is 1. The van der Waals surface area contributed by atoms with Crippen molar-refractivity contribution in [3.63, 3.8) is 0 Å². The first-order valence-corrected chi connectivity index (χ1v) is 10.1. The van der Waals surface area contributed by atoms with Crippen molar-refractivity contribution in [3.8, 4) is 0 Å². The molecule has 0 aliphatic carbocycles. The predicted octanol–water partition coefficient (Wildman–Crippen LogP) is 4.16. The number of carbonyl (C=O) groups excluding carboxylic acids is 1. The van der Waals surface area contributed by atoms with Crippen molar-refractivity contribution in [3.05, 3.63) is 35.1 Å². The molecule has 0 bridgehead atoms. The molecule has 1 unspecified atom stereocenters. The topological polar surface area (TPSA) is 56.7 Å². The lowest BCUT2D eigenvalue weighted by molar-refractivity contribution is -0.130. The van der Waals surface area contributed by atoms with E-state index in [2.05, 4.69) is 15.6 Å². The van der Waals surface area contributed by atoms with Crippen LogP contribution in [0, 0.1) is 12.7 Å². The molecule has 0 aromatic heterocycles. The third-order valence-electron chi connectivity index (χ3n) is 4.92. The van der Waals surface area contributed by atoms with Crippen LogP contribution in [-0.4, -0.2) is 42.9 Å². The average Bonchev–Trinajstić information content (AvgIpc) is 2.85. The van der Waals surface area contributed by atoms with Gasteiger partial charge in [-0.25, -0.2) is 4.39 Å². The van der Waals surface area contributed by atoms with E-state index in [1.165, 1.54) is 0 Å². The van der Waals surface area contributed by atoms with E-state index in [1.54, 1.807) is 19.1 Å². The van der Waals surface area contributed by atoms with Gasteiger partial charge in [-0.2, -0.15) is 0 Å². The minimum atomic E-state index is -0.190. The van der Waals surface area contributed by atoms with Crippen LogP contribution in [0.5, 0.6) is 0 Å². The zero-order chi connectivity index (χ0) is 19.6. The SMILES string of the molecule is CCNC(=NCCCN1CCCCCC1=O)NC(C)c1ccc(C)c(F)c1.I. The summed E-state index contributed by atoms with van der Waals surface area (Å²) in [5, 5.41) is 6.56. The molecule has 0 saturated carbocycles. The van der Waals surface area contributed by atoms with Gasteiger partial charge in [0.2, 0.25) is 5.91 Å². The van der Waals surface area contributed by atoms with Crippen LogP contribution in [0.15, 0.2) is 23.2 Å². The molecule has 2 N–H and O–H groups in total. The molecule has 0 radical (unpaired) electrons. The highest BCUT2D eigenvalue weighted by atomic mass is 127. The second kappa shape index (κ2) is 13.0. The fourth-order valence-electron chi connectivity index (χ4n) is 3.21. The minimum absolute atomic E-state index is 0. The lowest BCUT2D eigenvalue weighted by Crippen LogP contribution is -2.39. The number of hydrogen-bond acceptors (Lipinski definition) is 2. The molecule has 1 atom stereocenters. The Morgan fingerprint density at radius 2 is 2.11 bits per heavy atom. The van der Waals surface area contributed by atoms with Gasteiger partial charge in [-0.3, -0.25) is 9.79 Å². The summed E-state index contributed by atoms with van der Waals surface area (Å²) in [4.78, 5) is 18.6. The third kappa shape index (κ3) is 7.93. The Morgan fingerprint density at radius 3 is 2.82 bits per heavy atom. The van der Waals surface area contributed by atoms with Gasteiger partial charge < -0.3 is 15.5 Å². The molecule has 1 aromatic carbocycles. The smallest absolute Gasteiger partial charge is 0.222 e. The molecule has 28 heavy (non-hydrogen) atoms. The van der Waals surface area contributed by atoms with Crippen LogP contribution in [0.3, 0.4) is 0 Å². The fraction of sp³-hybridized carbons (Fsp3) is 0.619. The number of amides is 1. The monoisotopic (exact) mass is 504 g/mol. The molecule has 1 saturated heterocycles. The minimum Gasteiger partial charge on any atom is -0.357 e. The molecular weight excluding hydrogens is 470 g/mol. The zero-order valence-corrected chi connectivity index (χ0v) is 19.6. The molecule has 0 spiro atoms. The van der Waals surface area contributed by atoms with Gasteiger partial charge in [0.05, 0.1) is 6.04 Å². The summed E-state index contributed by atoms with van der Waals surface area (Å²) in [5.74, 6) is 0.801. The third-order valence-corrected chi connectivity index (χ3v) is 4.92. The lowest BCUT2D eigenvalue weighted by Gasteiger charge is -2.20. The maximum Gasteiger partial charge on any atom is 0.222 e. The molecule has 5 nitrogen and oxygen atoms in total. The lowest BCUT2D eigenvalue weighted by atomic mass is 10.1. The highest BCUT2D eigenvalue weighted by Gasteiger charge is 2.15. The Morgan fingerprint density at radius 1 is 1.32 bits per heavy atom. The second-order valence-corrected chi connectivity index (χ2v) is 7.18. The van der Waals surface area contributed by atoms with E-state index >= 15 is 0 Å². The molecule has 2 rings (SSSR count). The summed E-state index contributed by atoms with van der Waals surface area (Å²) < 4.78 is 13.8. The van der Waals surface area contributed by atoms with Gasteiger partial charge in [0.25, 0.3) is 0 Å². The van der Waals surface area contributed by atoms with E-state index in [1.807, 2.05) is 24.8 Å². The van der Waals surface area contributed by atoms with Crippen molar-refractivity contribution >= 4 is 35.8 Å². The van der Waals surface area contributed by atoms with Gasteiger partial charge in [-0.15, -0.1) is 24.0 Å². The number of aryl methyl sites for hydroxylation is 1. The molecule has 1 aliphatic rings. The van der Waals surface area contributed by atoms with E-state index in [0.717, 1.165) is 50.9 Å². The molecule has 1 heterocycles. The summed E-state index contributed by atoms with van der Waals surface area (Å²) in [6.45, 7) is 8.81. The van der Waals surface area contributed by atoms with E-state index in [-0.39, 0.29) is 41.7 Å².